The van der Waals surface area contributed by atoms with Crippen molar-refractivity contribution in [1.82, 2.24) is 4.98 Å². The lowest BCUT2D eigenvalue weighted by Gasteiger charge is -2.18. The van der Waals surface area contributed by atoms with E-state index in [0.717, 1.165) is 29.0 Å². The van der Waals surface area contributed by atoms with E-state index in [-0.39, 0.29) is 0 Å². The second-order valence-electron chi connectivity index (χ2n) is 4.46. The Balaban J connectivity index is 2.10. The van der Waals surface area contributed by atoms with Gasteiger partial charge in [0.1, 0.15) is 5.52 Å². The molecule has 0 saturated carbocycles. The van der Waals surface area contributed by atoms with E-state index in [1.54, 1.807) is 11.3 Å². The zero-order valence-electron chi connectivity index (χ0n) is 10.5. The Morgan fingerprint density at radius 1 is 1.39 bits per heavy atom. The van der Waals surface area contributed by atoms with Crippen LogP contribution in [0, 0.1) is 0 Å². The number of ether oxygens (including phenoxy) is 1. The van der Waals surface area contributed by atoms with Crippen LogP contribution in [-0.2, 0) is 0 Å². The third-order valence-corrected chi connectivity index (χ3v) is 4.24. The van der Waals surface area contributed by atoms with E-state index >= 15 is 0 Å². The fourth-order valence-electron chi connectivity index (χ4n) is 2.39. The fraction of sp³-hybridized carbons (Fsp3) is 0.462. The Bertz CT molecular complexity index is 561. The van der Waals surface area contributed by atoms with Gasteiger partial charge in [-0.1, -0.05) is 11.3 Å². The van der Waals surface area contributed by atoms with Gasteiger partial charge in [0.05, 0.1) is 22.7 Å². The molecule has 0 unspecified atom stereocenters. The Morgan fingerprint density at radius 2 is 2.17 bits per heavy atom. The number of aromatic nitrogens is 1. The highest BCUT2D eigenvalue weighted by molar-refractivity contribution is 7.21. The van der Waals surface area contributed by atoms with Crippen molar-refractivity contribution in [1.29, 1.82) is 0 Å². The summed E-state index contributed by atoms with van der Waals surface area (Å²) in [5, 5.41) is 0.714. The molecule has 5 heteroatoms. The first-order valence-corrected chi connectivity index (χ1v) is 7.18. The molecule has 1 aliphatic heterocycles. The molecule has 2 aromatic rings. The number of hydrogen-bond acceptors (Lipinski definition) is 5. The zero-order chi connectivity index (χ0) is 12.5. The predicted octanol–water partition coefficient (Wildman–Crippen LogP) is 2.88. The number of nitrogens with two attached hydrogens (primary N) is 1. The third kappa shape index (κ3) is 1.88. The standard InChI is InChI=1S/C13H17N3OS/c1-2-17-13-15-11-9(14)5-6-10(12(11)18-13)16-7-3-4-8-16/h5-6H,2-4,7-8,14H2,1H3. The molecular weight excluding hydrogens is 246 g/mol. The maximum absolute atomic E-state index is 6.00. The molecule has 0 spiro atoms. The van der Waals surface area contributed by atoms with Gasteiger partial charge in [-0.15, -0.1) is 0 Å². The van der Waals surface area contributed by atoms with Crippen LogP contribution in [0.3, 0.4) is 0 Å². The molecule has 0 bridgehead atoms. The van der Waals surface area contributed by atoms with Crippen LogP contribution < -0.4 is 15.4 Å². The van der Waals surface area contributed by atoms with Gasteiger partial charge in [0, 0.05) is 13.1 Å². The van der Waals surface area contributed by atoms with E-state index in [0.29, 0.717) is 11.8 Å². The Morgan fingerprint density at radius 3 is 2.89 bits per heavy atom. The van der Waals surface area contributed by atoms with Crippen molar-refractivity contribution in [2.75, 3.05) is 30.3 Å². The fourth-order valence-corrected chi connectivity index (χ4v) is 3.44. The molecule has 1 aromatic carbocycles. The van der Waals surface area contributed by atoms with Crippen molar-refractivity contribution < 1.29 is 4.74 Å². The van der Waals surface area contributed by atoms with Crippen LogP contribution in [0.5, 0.6) is 5.19 Å². The minimum atomic E-state index is 0.638. The maximum Gasteiger partial charge on any atom is 0.274 e. The lowest BCUT2D eigenvalue weighted by Crippen LogP contribution is -2.17. The van der Waals surface area contributed by atoms with Crippen LogP contribution in [0.25, 0.3) is 10.2 Å². The molecule has 1 saturated heterocycles. The maximum atomic E-state index is 6.00. The van der Waals surface area contributed by atoms with Crippen molar-refractivity contribution in [2.24, 2.45) is 0 Å². The number of thiazole rings is 1. The van der Waals surface area contributed by atoms with Crippen LogP contribution in [0.15, 0.2) is 12.1 Å². The van der Waals surface area contributed by atoms with Crippen LogP contribution in [-0.4, -0.2) is 24.7 Å². The number of hydrogen-bond donors (Lipinski definition) is 1. The highest BCUT2D eigenvalue weighted by Gasteiger charge is 2.18. The SMILES string of the molecule is CCOc1nc2c(N)ccc(N3CCCC3)c2s1. The summed E-state index contributed by atoms with van der Waals surface area (Å²) < 4.78 is 6.65. The van der Waals surface area contributed by atoms with Crippen LogP contribution >= 0.6 is 11.3 Å². The summed E-state index contributed by atoms with van der Waals surface area (Å²) in [6.45, 7) is 4.86. The molecule has 1 fully saturated rings. The molecule has 0 atom stereocenters. The summed E-state index contributed by atoms with van der Waals surface area (Å²) in [4.78, 5) is 6.89. The lowest BCUT2D eigenvalue weighted by atomic mass is 10.2. The van der Waals surface area contributed by atoms with Gasteiger partial charge < -0.3 is 15.4 Å². The molecule has 18 heavy (non-hydrogen) atoms. The molecule has 1 aromatic heterocycles. The summed E-state index contributed by atoms with van der Waals surface area (Å²) in [6.07, 6.45) is 2.53. The van der Waals surface area contributed by atoms with Crippen molar-refractivity contribution in [3.05, 3.63) is 12.1 Å². The van der Waals surface area contributed by atoms with Crippen molar-refractivity contribution >= 4 is 32.9 Å². The molecular formula is C13H17N3OS. The van der Waals surface area contributed by atoms with Crippen molar-refractivity contribution in [3.63, 3.8) is 0 Å². The number of benzene rings is 1. The third-order valence-electron chi connectivity index (χ3n) is 3.25. The Kier molecular flexibility index (Phi) is 2.99. The number of anilines is 2. The van der Waals surface area contributed by atoms with E-state index in [2.05, 4.69) is 16.0 Å². The molecule has 0 radical (unpaired) electrons. The van der Waals surface area contributed by atoms with Gasteiger partial charge in [-0.25, -0.2) is 4.98 Å². The number of rotatable bonds is 3. The van der Waals surface area contributed by atoms with Crippen LogP contribution in [0.1, 0.15) is 19.8 Å². The van der Waals surface area contributed by atoms with Gasteiger partial charge in [-0.3, -0.25) is 0 Å². The number of fused-ring (bicyclic) bond motifs is 1. The molecule has 4 nitrogen and oxygen atoms in total. The van der Waals surface area contributed by atoms with Crippen molar-refractivity contribution in [3.8, 4) is 5.19 Å². The Labute approximate surface area is 110 Å². The first-order valence-electron chi connectivity index (χ1n) is 6.36. The highest BCUT2D eigenvalue weighted by Crippen LogP contribution is 2.39. The lowest BCUT2D eigenvalue weighted by molar-refractivity contribution is 0.339. The average molecular weight is 263 g/mol. The Hall–Kier alpha value is -1.49. The number of nitrogen functional groups attached to an aromatic ring is 1. The zero-order valence-corrected chi connectivity index (χ0v) is 11.3. The van der Waals surface area contributed by atoms with Crippen LogP contribution in [0.2, 0.25) is 0 Å². The summed E-state index contributed by atoms with van der Waals surface area (Å²) >= 11 is 1.59. The summed E-state index contributed by atoms with van der Waals surface area (Å²) in [7, 11) is 0. The first kappa shape index (κ1) is 11.6. The quantitative estimate of drug-likeness (QED) is 0.865. The largest absolute Gasteiger partial charge is 0.470 e. The predicted molar refractivity (Wildman–Crippen MR) is 76.6 cm³/mol. The van der Waals surface area contributed by atoms with Gasteiger partial charge in [0.2, 0.25) is 0 Å². The molecule has 2 heterocycles. The monoisotopic (exact) mass is 263 g/mol. The minimum Gasteiger partial charge on any atom is -0.470 e. The molecule has 0 amide bonds. The first-order chi connectivity index (χ1) is 8.79. The molecule has 96 valence electrons. The molecule has 3 rings (SSSR count). The molecule has 1 aliphatic rings. The smallest absolute Gasteiger partial charge is 0.274 e. The van der Waals surface area contributed by atoms with E-state index in [1.165, 1.54) is 18.5 Å². The van der Waals surface area contributed by atoms with Crippen molar-refractivity contribution in [2.45, 2.75) is 19.8 Å². The van der Waals surface area contributed by atoms with Crippen LogP contribution in [0.4, 0.5) is 11.4 Å². The van der Waals surface area contributed by atoms with Gasteiger partial charge in [0.15, 0.2) is 0 Å². The molecule has 0 aliphatic carbocycles. The second-order valence-corrected chi connectivity index (χ2v) is 5.42. The topological polar surface area (TPSA) is 51.4 Å². The van der Waals surface area contributed by atoms with Gasteiger partial charge in [-0.05, 0) is 31.9 Å². The minimum absolute atomic E-state index is 0.638. The summed E-state index contributed by atoms with van der Waals surface area (Å²) in [6, 6.07) is 4.06. The van der Waals surface area contributed by atoms with Gasteiger partial charge >= 0.3 is 0 Å². The van der Waals surface area contributed by atoms with E-state index in [9.17, 15) is 0 Å². The summed E-state index contributed by atoms with van der Waals surface area (Å²) in [5.74, 6) is 0. The van der Waals surface area contributed by atoms with E-state index in [1.807, 2.05) is 13.0 Å². The molecule has 2 N–H and O–H groups in total. The average Bonchev–Trinajstić information content (AvgIpc) is 2.99. The highest BCUT2D eigenvalue weighted by atomic mass is 32.1. The second kappa shape index (κ2) is 4.65. The van der Waals surface area contributed by atoms with E-state index < -0.39 is 0 Å². The van der Waals surface area contributed by atoms with Gasteiger partial charge in [-0.2, -0.15) is 0 Å². The normalized spacial score (nSPS) is 15.5. The number of nitrogens with zero attached hydrogens (tertiary/aromatic N) is 2. The van der Waals surface area contributed by atoms with Gasteiger partial charge in [0.25, 0.3) is 5.19 Å². The van der Waals surface area contributed by atoms with E-state index in [4.69, 9.17) is 10.5 Å². The summed E-state index contributed by atoms with van der Waals surface area (Å²) in [5.41, 5.74) is 8.87.